The number of halogens is 2. The highest BCUT2D eigenvalue weighted by Gasteiger charge is 2.06. The van der Waals surface area contributed by atoms with E-state index >= 15 is 0 Å². The predicted octanol–water partition coefficient (Wildman–Crippen LogP) is 2.18. The van der Waals surface area contributed by atoms with Crippen LogP contribution < -0.4 is 5.32 Å². The minimum absolute atomic E-state index is 0.0975. The maximum absolute atomic E-state index is 13.3. The zero-order chi connectivity index (χ0) is 11.5. The van der Waals surface area contributed by atoms with Crippen LogP contribution >= 0.6 is 11.6 Å². The zero-order valence-electron chi connectivity index (χ0n) is 8.37. The summed E-state index contributed by atoms with van der Waals surface area (Å²) in [5, 5.41) is 6.58. The average molecular weight is 243 g/mol. The fourth-order valence-electron chi connectivity index (χ4n) is 1.12. The zero-order valence-corrected chi connectivity index (χ0v) is 9.12. The highest BCUT2D eigenvalue weighted by molar-refractivity contribution is 6.30. The number of nitrogens with one attached hydrogen (secondary N) is 1. The van der Waals surface area contributed by atoms with Gasteiger partial charge in [0.2, 0.25) is 5.89 Å². The molecule has 0 amide bonds. The van der Waals surface area contributed by atoms with Gasteiger partial charge in [-0.15, -0.1) is 0 Å². The second-order valence-corrected chi connectivity index (χ2v) is 3.51. The van der Waals surface area contributed by atoms with Gasteiger partial charge >= 0.3 is 0 Å². The van der Waals surface area contributed by atoms with Crippen LogP contribution in [0.4, 0.5) is 10.2 Å². The fourth-order valence-corrected chi connectivity index (χ4v) is 1.26. The Bertz CT molecular complexity index is 502. The first-order valence-electron chi connectivity index (χ1n) is 4.49. The van der Waals surface area contributed by atoms with Crippen molar-refractivity contribution in [1.29, 1.82) is 0 Å². The molecule has 0 bridgehead atoms. The van der Waals surface area contributed by atoms with Crippen molar-refractivity contribution >= 4 is 17.4 Å². The topological polar surface area (TPSA) is 63.8 Å². The number of hydrogen-bond acceptors (Lipinski definition) is 5. The van der Waals surface area contributed by atoms with E-state index in [0.717, 1.165) is 0 Å². The molecule has 1 N–H and O–H groups in total. The van der Waals surface area contributed by atoms with Gasteiger partial charge in [-0.1, -0.05) is 16.8 Å². The largest absolute Gasteiger partial charge is 0.359 e. The van der Waals surface area contributed by atoms with Gasteiger partial charge in [-0.2, -0.15) is 4.98 Å². The molecule has 0 atom stereocenters. The van der Waals surface area contributed by atoms with Gasteiger partial charge < -0.3 is 9.84 Å². The van der Waals surface area contributed by atoms with Crippen LogP contribution in [0.5, 0.6) is 0 Å². The van der Waals surface area contributed by atoms with Crippen molar-refractivity contribution < 1.29 is 8.91 Å². The van der Waals surface area contributed by atoms with Crippen molar-refractivity contribution in [2.45, 2.75) is 13.5 Å². The number of hydrogen-bond donors (Lipinski definition) is 1. The van der Waals surface area contributed by atoms with E-state index in [4.69, 9.17) is 16.1 Å². The Kier molecular flexibility index (Phi) is 3.00. The molecule has 5 nitrogen and oxygen atoms in total. The monoisotopic (exact) mass is 242 g/mol. The predicted molar refractivity (Wildman–Crippen MR) is 55.6 cm³/mol. The molecular weight excluding hydrogens is 235 g/mol. The van der Waals surface area contributed by atoms with Crippen LogP contribution in [0.25, 0.3) is 0 Å². The third-order valence-electron chi connectivity index (χ3n) is 1.78. The quantitative estimate of drug-likeness (QED) is 0.894. The Morgan fingerprint density at radius 2 is 2.38 bits per heavy atom. The van der Waals surface area contributed by atoms with E-state index in [9.17, 15) is 4.39 Å². The summed E-state index contributed by atoms with van der Waals surface area (Å²) < 4.78 is 18.1. The van der Waals surface area contributed by atoms with Gasteiger partial charge in [0.05, 0.1) is 11.6 Å². The molecule has 0 saturated heterocycles. The molecule has 2 aromatic rings. The van der Waals surface area contributed by atoms with Crippen molar-refractivity contribution in [3.63, 3.8) is 0 Å². The Morgan fingerprint density at radius 1 is 1.56 bits per heavy atom. The van der Waals surface area contributed by atoms with E-state index in [1.807, 2.05) is 0 Å². The number of aromatic nitrogens is 3. The Labute approximate surface area is 95.6 Å². The van der Waals surface area contributed by atoms with Crippen molar-refractivity contribution in [2.24, 2.45) is 0 Å². The SMILES string of the molecule is Cc1noc(CNc2ncc(Cl)cc2F)n1. The summed E-state index contributed by atoms with van der Waals surface area (Å²) in [6.07, 6.45) is 1.35. The van der Waals surface area contributed by atoms with Gasteiger partial charge in [0.1, 0.15) is 0 Å². The molecular formula is C9H8ClFN4O. The summed E-state index contributed by atoms with van der Waals surface area (Å²) in [6, 6.07) is 1.18. The fraction of sp³-hybridized carbons (Fsp3) is 0.222. The van der Waals surface area contributed by atoms with Gasteiger partial charge in [-0.25, -0.2) is 9.37 Å². The van der Waals surface area contributed by atoms with Crippen LogP contribution in [0, 0.1) is 12.7 Å². The summed E-state index contributed by atoms with van der Waals surface area (Å²) in [6.45, 7) is 1.92. The molecule has 0 aliphatic heterocycles. The van der Waals surface area contributed by atoms with E-state index in [0.29, 0.717) is 11.7 Å². The second kappa shape index (κ2) is 4.44. The van der Waals surface area contributed by atoms with Gasteiger partial charge in [0.15, 0.2) is 17.5 Å². The molecule has 0 unspecified atom stereocenters. The lowest BCUT2D eigenvalue weighted by molar-refractivity contribution is 0.379. The van der Waals surface area contributed by atoms with E-state index in [-0.39, 0.29) is 17.4 Å². The lowest BCUT2D eigenvalue weighted by Gasteiger charge is -2.03. The molecule has 7 heteroatoms. The second-order valence-electron chi connectivity index (χ2n) is 3.07. The summed E-state index contributed by atoms with van der Waals surface area (Å²) >= 11 is 5.57. The number of pyridine rings is 1. The van der Waals surface area contributed by atoms with Crippen LogP contribution in [-0.4, -0.2) is 15.1 Å². The molecule has 0 saturated carbocycles. The first-order valence-corrected chi connectivity index (χ1v) is 4.87. The molecule has 84 valence electrons. The summed E-state index contributed by atoms with van der Waals surface area (Å²) in [5.41, 5.74) is 0. The molecule has 0 aromatic carbocycles. The lowest BCUT2D eigenvalue weighted by Crippen LogP contribution is -2.03. The molecule has 0 aliphatic carbocycles. The first kappa shape index (κ1) is 10.8. The van der Waals surface area contributed by atoms with Crippen LogP contribution in [-0.2, 0) is 6.54 Å². The van der Waals surface area contributed by atoms with Crippen LogP contribution in [0.15, 0.2) is 16.8 Å². The molecule has 2 aromatic heterocycles. The number of anilines is 1. The number of nitrogens with zero attached hydrogens (tertiary/aromatic N) is 3. The average Bonchev–Trinajstić information content (AvgIpc) is 2.63. The standard InChI is InChI=1S/C9H8ClFN4O/c1-5-14-8(16-15-5)4-13-9-7(11)2-6(10)3-12-9/h2-3H,4H2,1H3,(H,12,13). The van der Waals surface area contributed by atoms with Gasteiger partial charge in [-0.3, -0.25) is 0 Å². The van der Waals surface area contributed by atoms with E-state index in [1.54, 1.807) is 6.92 Å². The van der Waals surface area contributed by atoms with Crippen molar-refractivity contribution in [2.75, 3.05) is 5.32 Å². The molecule has 16 heavy (non-hydrogen) atoms. The molecule has 0 aliphatic rings. The smallest absolute Gasteiger partial charge is 0.245 e. The van der Waals surface area contributed by atoms with Gasteiger partial charge in [0, 0.05) is 6.20 Å². The number of aryl methyl sites for hydroxylation is 1. The first-order chi connectivity index (χ1) is 7.65. The van der Waals surface area contributed by atoms with E-state index in [1.165, 1.54) is 12.3 Å². The number of rotatable bonds is 3. The van der Waals surface area contributed by atoms with Crippen LogP contribution in [0.2, 0.25) is 5.02 Å². The third-order valence-corrected chi connectivity index (χ3v) is 1.99. The Balaban J connectivity index is 2.04. The third kappa shape index (κ3) is 2.46. The normalized spacial score (nSPS) is 10.4. The van der Waals surface area contributed by atoms with Crippen molar-refractivity contribution in [1.82, 2.24) is 15.1 Å². The Hall–Kier alpha value is -1.69. The minimum Gasteiger partial charge on any atom is -0.359 e. The Morgan fingerprint density at radius 3 is 3.00 bits per heavy atom. The van der Waals surface area contributed by atoms with Gasteiger partial charge in [0.25, 0.3) is 0 Å². The molecule has 2 rings (SSSR count). The molecule has 2 heterocycles. The highest BCUT2D eigenvalue weighted by atomic mass is 35.5. The maximum Gasteiger partial charge on any atom is 0.245 e. The minimum atomic E-state index is -0.524. The summed E-state index contributed by atoms with van der Waals surface area (Å²) in [5.74, 6) is 0.471. The summed E-state index contributed by atoms with van der Waals surface area (Å²) in [4.78, 5) is 7.75. The maximum atomic E-state index is 13.3. The van der Waals surface area contributed by atoms with Gasteiger partial charge in [-0.05, 0) is 13.0 Å². The lowest BCUT2D eigenvalue weighted by atomic mass is 10.4. The highest BCUT2D eigenvalue weighted by Crippen LogP contribution is 2.15. The molecule has 0 radical (unpaired) electrons. The van der Waals surface area contributed by atoms with Crippen molar-refractivity contribution in [3.05, 3.63) is 34.8 Å². The van der Waals surface area contributed by atoms with Crippen molar-refractivity contribution in [3.8, 4) is 0 Å². The molecule has 0 fully saturated rings. The van der Waals surface area contributed by atoms with Crippen LogP contribution in [0.1, 0.15) is 11.7 Å². The van der Waals surface area contributed by atoms with E-state index in [2.05, 4.69) is 20.4 Å². The summed E-state index contributed by atoms with van der Waals surface area (Å²) in [7, 11) is 0. The van der Waals surface area contributed by atoms with E-state index < -0.39 is 5.82 Å². The molecule has 0 spiro atoms. The van der Waals surface area contributed by atoms with Crippen LogP contribution in [0.3, 0.4) is 0 Å².